The number of nitrogens with one attached hydrogen (secondary N) is 1. The van der Waals surface area contributed by atoms with E-state index in [4.69, 9.17) is 0 Å². The average molecular weight is 371 g/mol. The van der Waals surface area contributed by atoms with Crippen LogP contribution in [0, 0.1) is 11.8 Å². The van der Waals surface area contributed by atoms with Crippen molar-refractivity contribution in [2.75, 3.05) is 6.54 Å². The maximum Gasteiger partial charge on any atom is 0.329 e. The van der Waals surface area contributed by atoms with E-state index in [2.05, 4.69) is 4.98 Å². The number of aliphatic carboxylic acids is 1. The molecule has 0 radical (unpaired) electrons. The van der Waals surface area contributed by atoms with Gasteiger partial charge in [0.1, 0.15) is 6.54 Å². The normalized spacial score (nSPS) is 24.7. The van der Waals surface area contributed by atoms with Crippen LogP contribution in [0.15, 0.2) is 33.9 Å². The van der Waals surface area contributed by atoms with Gasteiger partial charge in [0.2, 0.25) is 5.91 Å². The first-order valence-electron chi connectivity index (χ1n) is 9.21. The Labute approximate surface area is 154 Å². The molecule has 3 atom stereocenters. The highest BCUT2D eigenvalue weighted by Crippen LogP contribution is 2.40. The summed E-state index contributed by atoms with van der Waals surface area (Å²) in [4.78, 5) is 53.6. The summed E-state index contributed by atoms with van der Waals surface area (Å²) >= 11 is 0. The van der Waals surface area contributed by atoms with Crippen LogP contribution in [0.1, 0.15) is 25.7 Å². The molecular formula is C19H21N3O5. The molecule has 0 spiro atoms. The molecule has 1 amide bonds. The molecule has 1 aromatic heterocycles. The smallest absolute Gasteiger partial charge is 0.329 e. The van der Waals surface area contributed by atoms with Crippen molar-refractivity contribution in [3.63, 3.8) is 0 Å². The van der Waals surface area contributed by atoms with Crippen LogP contribution in [-0.2, 0) is 16.1 Å². The Morgan fingerprint density at radius 1 is 1.15 bits per heavy atom. The zero-order chi connectivity index (χ0) is 19.1. The Hall–Kier alpha value is -2.90. The Bertz CT molecular complexity index is 1020. The minimum atomic E-state index is -0.804. The summed E-state index contributed by atoms with van der Waals surface area (Å²) in [7, 11) is 0. The highest BCUT2D eigenvalue weighted by Gasteiger charge is 2.45. The fourth-order valence-electron chi connectivity index (χ4n) is 4.67. The van der Waals surface area contributed by atoms with Crippen molar-refractivity contribution in [2.24, 2.45) is 11.8 Å². The number of carboxylic acids is 1. The van der Waals surface area contributed by atoms with E-state index in [1.807, 2.05) is 0 Å². The largest absolute Gasteiger partial charge is 0.481 e. The second kappa shape index (κ2) is 6.68. The number of carbonyl (C=O) groups is 2. The molecule has 1 aliphatic heterocycles. The van der Waals surface area contributed by atoms with E-state index in [9.17, 15) is 24.3 Å². The average Bonchev–Trinajstić information content (AvgIpc) is 3.13. The fraction of sp³-hybridized carbons (Fsp3) is 0.474. The number of benzene rings is 1. The van der Waals surface area contributed by atoms with Gasteiger partial charge in [-0.3, -0.25) is 19.0 Å². The maximum absolute atomic E-state index is 12.9. The molecule has 8 heteroatoms. The second-order valence-electron chi connectivity index (χ2n) is 7.35. The number of rotatable bonds is 3. The molecule has 2 fully saturated rings. The number of H-pyrrole nitrogens is 1. The van der Waals surface area contributed by atoms with E-state index in [0.717, 1.165) is 23.8 Å². The first-order valence-corrected chi connectivity index (χ1v) is 9.21. The molecule has 3 unspecified atom stereocenters. The van der Waals surface area contributed by atoms with Crippen molar-refractivity contribution in [2.45, 2.75) is 38.3 Å². The lowest BCUT2D eigenvalue weighted by Crippen LogP contribution is -2.53. The van der Waals surface area contributed by atoms with Crippen molar-refractivity contribution in [1.29, 1.82) is 0 Å². The predicted molar refractivity (Wildman–Crippen MR) is 97.4 cm³/mol. The first kappa shape index (κ1) is 17.5. The zero-order valence-corrected chi connectivity index (χ0v) is 14.8. The number of hydrogen-bond donors (Lipinski definition) is 2. The van der Waals surface area contributed by atoms with E-state index < -0.39 is 23.1 Å². The Kier molecular flexibility index (Phi) is 4.33. The van der Waals surface area contributed by atoms with Crippen molar-refractivity contribution >= 4 is 22.8 Å². The monoisotopic (exact) mass is 371 g/mol. The first-order chi connectivity index (χ1) is 13.0. The van der Waals surface area contributed by atoms with Crippen molar-refractivity contribution in [3.05, 3.63) is 45.1 Å². The van der Waals surface area contributed by atoms with Gasteiger partial charge in [0.05, 0.1) is 16.8 Å². The molecule has 2 heterocycles. The highest BCUT2D eigenvalue weighted by molar-refractivity contribution is 5.79. The number of carboxylic acid groups (broad SMARTS) is 1. The number of aromatic amines is 1. The quantitative estimate of drug-likeness (QED) is 0.828. The highest BCUT2D eigenvalue weighted by atomic mass is 16.4. The van der Waals surface area contributed by atoms with Gasteiger partial charge in [0.15, 0.2) is 0 Å². The van der Waals surface area contributed by atoms with Gasteiger partial charge in [0.25, 0.3) is 5.56 Å². The molecule has 0 bridgehead atoms. The maximum atomic E-state index is 12.9. The molecule has 1 saturated carbocycles. The van der Waals surface area contributed by atoms with Gasteiger partial charge in [0, 0.05) is 12.6 Å². The van der Waals surface area contributed by atoms with E-state index in [0.29, 0.717) is 23.9 Å². The summed E-state index contributed by atoms with van der Waals surface area (Å²) < 4.78 is 0.928. The lowest BCUT2D eigenvalue weighted by Gasteiger charge is -2.41. The van der Waals surface area contributed by atoms with Crippen LogP contribution in [0.4, 0.5) is 0 Å². The second-order valence-corrected chi connectivity index (χ2v) is 7.35. The number of fused-ring (bicyclic) bond motifs is 2. The number of carbonyl (C=O) groups excluding carboxylic acids is 1. The van der Waals surface area contributed by atoms with Gasteiger partial charge < -0.3 is 15.0 Å². The lowest BCUT2D eigenvalue weighted by atomic mass is 9.81. The molecule has 142 valence electrons. The summed E-state index contributed by atoms with van der Waals surface area (Å²) in [6, 6.07) is 6.56. The Morgan fingerprint density at radius 2 is 1.93 bits per heavy atom. The molecular weight excluding hydrogens is 350 g/mol. The topological polar surface area (TPSA) is 112 Å². The molecule has 27 heavy (non-hydrogen) atoms. The SMILES string of the molecule is O=C(O)C1CCN(C(=O)Cn2c(=O)[nH]c3ccccc3c2=O)C2CCCC12. The van der Waals surface area contributed by atoms with E-state index in [-0.39, 0.29) is 24.4 Å². The van der Waals surface area contributed by atoms with Crippen molar-refractivity contribution in [1.82, 2.24) is 14.5 Å². The molecule has 1 aromatic carbocycles. The number of para-hydroxylation sites is 1. The summed E-state index contributed by atoms with van der Waals surface area (Å²) in [6.07, 6.45) is 2.86. The van der Waals surface area contributed by atoms with Gasteiger partial charge >= 0.3 is 11.7 Å². The van der Waals surface area contributed by atoms with E-state index >= 15 is 0 Å². The Morgan fingerprint density at radius 3 is 2.70 bits per heavy atom. The summed E-state index contributed by atoms with van der Waals surface area (Å²) in [5.41, 5.74) is -0.670. The summed E-state index contributed by atoms with van der Waals surface area (Å²) in [5.74, 6) is -1.58. The zero-order valence-electron chi connectivity index (χ0n) is 14.8. The molecule has 4 rings (SSSR count). The minimum Gasteiger partial charge on any atom is -0.481 e. The van der Waals surface area contributed by atoms with E-state index in [1.165, 1.54) is 0 Å². The third-order valence-corrected chi connectivity index (χ3v) is 5.95. The third-order valence-electron chi connectivity index (χ3n) is 5.95. The van der Waals surface area contributed by atoms with Crippen LogP contribution >= 0.6 is 0 Å². The summed E-state index contributed by atoms with van der Waals surface area (Å²) in [5, 5.41) is 9.78. The number of nitrogens with zero attached hydrogens (tertiary/aromatic N) is 2. The standard InChI is InChI=1S/C19H21N3O5/c23-16(21-9-8-12(18(25)26)11-5-3-7-15(11)21)10-22-17(24)13-4-1-2-6-14(13)20-19(22)27/h1-2,4,6,11-12,15H,3,5,7-10H2,(H,20,27)(H,25,26). The van der Waals surface area contributed by atoms with Gasteiger partial charge in [-0.05, 0) is 37.3 Å². The molecule has 8 nitrogen and oxygen atoms in total. The molecule has 1 aliphatic carbocycles. The Balaban J connectivity index is 1.62. The third kappa shape index (κ3) is 2.94. The van der Waals surface area contributed by atoms with Gasteiger partial charge in [-0.1, -0.05) is 18.6 Å². The molecule has 2 aliphatic rings. The molecule has 2 N–H and O–H groups in total. The van der Waals surface area contributed by atoms with Crippen LogP contribution < -0.4 is 11.2 Å². The van der Waals surface area contributed by atoms with Gasteiger partial charge in [-0.2, -0.15) is 0 Å². The number of aromatic nitrogens is 2. The predicted octanol–water partition coefficient (Wildman–Crippen LogP) is 0.792. The van der Waals surface area contributed by atoms with Crippen LogP contribution in [-0.4, -0.2) is 44.0 Å². The van der Waals surface area contributed by atoms with Crippen LogP contribution in [0.3, 0.4) is 0 Å². The van der Waals surface area contributed by atoms with Crippen LogP contribution in [0.25, 0.3) is 10.9 Å². The van der Waals surface area contributed by atoms with Gasteiger partial charge in [-0.15, -0.1) is 0 Å². The van der Waals surface area contributed by atoms with E-state index in [1.54, 1.807) is 29.2 Å². The summed E-state index contributed by atoms with van der Waals surface area (Å²) in [6.45, 7) is 0.0111. The van der Waals surface area contributed by atoms with Gasteiger partial charge in [-0.25, -0.2) is 4.79 Å². The number of hydrogen-bond acceptors (Lipinski definition) is 4. The van der Waals surface area contributed by atoms with Crippen molar-refractivity contribution in [3.8, 4) is 0 Å². The van der Waals surface area contributed by atoms with Crippen molar-refractivity contribution < 1.29 is 14.7 Å². The molecule has 1 saturated heterocycles. The number of likely N-dealkylation sites (tertiary alicyclic amines) is 1. The fourth-order valence-corrected chi connectivity index (χ4v) is 4.67. The molecule has 2 aromatic rings. The number of amides is 1. The van der Waals surface area contributed by atoms with Crippen LogP contribution in [0.2, 0.25) is 0 Å². The van der Waals surface area contributed by atoms with Crippen LogP contribution in [0.5, 0.6) is 0 Å². The minimum absolute atomic E-state index is 0.0493. The number of piperidine rings is 1. The lowest BCUT2D eigenvalue weighted by molar-refractivity contribution is -0.151.